The van der Waals surface area contributed by atoms with Crippen LogP contribution >= 0.6 is 55.2 Å². The summed E-state index contributed by atoms with van der Waals surface area (Å²) in [5, 5.41) is 10.8. The highest BCUT2D eigenvalue weighted by Crippen LogP contribution is 2.40. The Labute approximate surface area is 197 Å². The molecule has 0 spiro atoms. The van der Waals surface area contributed by atoms with Gasteiger partial charge in [0.1, 0.15) is 5.75 Å². The largest absolute Gasteiger partial charge is 0.480 e. The molecular weight excluding hydrogens is 493 g/mol. The number of benzene rings is 2. The Morgan fingerprint density at radius 1 is 1.07 bits per heavy atom. The lowest BCUT2D eigenvalue weighted by atomic mass is 9.97. The van der Waals surface area contributed by atoms with Crippen molar-refractivity contribution in [1.82, 2.24) is 0 Å². The van der Waals surface area contributed by atoms with Gasteiger partial charge in [-0.1, -0.05) is 66.3 Å². The van der Waals surface area contributed by atoms with Gasteiger partial charge in [-0.2, -0.15) is 0 Å². The first kappa shape index (κ1) is 25.5. The lowest BCUT2D eigenvalue weighted by Crippen LogP contribution is -2.22. The summed E-state index contributed by atoms with van der Waals surface area (Å²) >= 11 is 24.0. The molecule has 2 unspecified atom stereocenters. The van der Waals surface area contributed by atoms with Gasteiger partial charge in [0, 0.05) is 16.0 Å². The minimum Gasteiger partial charge on any atom is -0.480 e. The summed E-state index contributed by atoms with van der Waals surface area (Å²) in [6, 6.07) is 9.62. The van der Waals surface area contributed by atoms with Crippen LogP contribution in [0.4, 0.5) is 0 Å². The molecule has 30 heavy (non-hydrogen) atoms. The third-order valence-electron chi connectivity index (χ3n) is 3.82. The van der Waals surface area contributed by atoms with E-state index in [0.29, 0.717) is 26.4 Å². The third kappa shape index (κ3) is 8.05. The molecule has 0 radical (unpaired) electrons. The van der Waals surface area contributed by atoms with E-state index in [0.717, 1.165) is 0 Å². The van der Waals surface area contributed by atoms with E-state index in [9.17, 15) is 9.90 Å². The Hall–Kier alpha value is -0.780. The molecule has 0 amide bonds. The van der Waals surface area contributed by atoms with Crippen molar-refractivity contribution in [2.75, 3.05) is 19.8 Å². The van der Waals surface area contributed by atoms with E-state index in [2.05, 4.69) is 0 Å². The van der Waals surface area contributed by atoms with Crippen molar-refractivity contribution in [2.24, 2.45) is 5.41 Å². The SMILES string of the molecule is CC(C)(CO)COPC(OC(=O)COc1ccc(Cl)cc1Cl)c1ccc(Cl)c(Cl)c1. The van der Waals surface area contributed by atoms with Crippen LogP contribution in [0.5, 0.6) is 5.75 Å². The number of rotatable bonds is 10. The van der Waals surface area contributed by atoms with E-state index >= 15 is 0 Å². The fourth-order valence-electron chi connectivity index (χ4n) is 2.09. The van der Waals surface area contributed by atoms with Crippen LogP contribution in [-0.2, 0) is 14.1 Å². The van der Waals surface area contributed by atoms with Crippen molar-refractivity contribution in [3.63, 3.8) is 0 Å². The van der Waals surface area contributed by atoms with Crippen LogP contribution in [0.3, 0.4) is 0 Å². The van der Waals surface area contributed by atoms with E-state index in [1.165, 1.54) is 6.07 Å². The van der Waals surface area contributed by atoms with Gasteiger partial charge in [-0.25, -0.2) is 4.79 Å². The number of hydrogen-bond acceptors (Lipinski definition) is 5. The van der Waals surface area contributed by atoms with Crippen LogP contribution in [-0.4, -0.2) is 30.9 Å². The lowest BCUT2D eigenvalue weighted by molar-refractivity contribution is -0.148. The van der Waals surface area contributed by atoms with Crippen molar-refractivity contribution in [3.8, 4) is 5.75 Å². The summed E-state index contributed by atoms with van der Waals surface area (Å²) in [5.74, 6) is -1.02. The summed E-state index contributed by atoms with van der Waals surface area (Å²) in [6.07, 6.45) is 0. The Bertz CT molecular complexity index is 878. The summed E-state index contributed by atoms with van der Waals surface area (Å²) in [4.78, 5) is 12.4. The minimum absolute atomic E-state index is 0.0373. The first-order valence-corrected chi connectivity index (χ1v) is 11.3. The van der Waals surface area contributed by atoms with E-state index < -0.39 is 17.2 Å². The third-order valence-corrected chi connectivity index (χ3v) is 6.06. The fraction of sp³-hybridized carbons (Fsp3) is 0.350. The number of carbonyl (C=O) groups excluding carboxylic acids is 1. The first-order valence-electron chi connectivity index (χ1n) is 8.82. The highest BCUT2D eigenvalue weighted by atomic mass is 35.5. The average Bonchev–Trinajstić information content (AvgIpc) is 2.68. The van der Waals surface area contributed by atoms with Crippen LogP contribution < -0.4 is 4.74 Å². The Morgan fingerprint density at radius 2 is 1.80 bits per heavy atom. The Kier molecular flexibility index (Phi) is 9.96. The molecule has 0 aliphatic carbocycles. The molecule has 2 rings (SSSR count). The summed E-state index contributed by atoms with van der Waals surface area (Å²) in [7, 11) is -0.225. The van der Waals surface area contributed by atoms with E-state index in [-0.39, 0.29) is 33.7 Å². The van der Waals surface area contributed by atoms with Gasteiger partial charge >= 0.3 is 5.97 Å². The van der Waals surface area contributed by atoms with Gasteiger partial charge in [-0.05, 0) is 30.3 Å². The maximum atomic E-state index is 12.4. The highest BCUT2D eigenvalue weighted by molar-refractivity contribution is 7.32. The smallest absolute Gasteiger partial charge is 0.345 e. The van der Waals surface area contributed by atoms with Crippen LogP contribution in [0.25, 0.3) is 0 Å². The molecule has 5 nitrogen and oxygen atoms in total. The normalized spacial score (nSPS) is 12.9. The molecule has 0 saturated carbocycles. The first-order chi connectivity index (χ1) is 14.1. The number of hydrogen-bond donors (Lipinski definition) is 1. The zero-order chi connectivity index (χ0) is 22.3. The van der Waals surface area contributed by atoms with Crippen LogP contribution in [0, 0.1) is 5.41 Å². The molecule has 2 aromatic carbocycles. The van der Waals surface area contributed by atoms with E-state index in [1.807, 2.05) is 13.8 Å². The number of ether oxygens (including phenoxy) is 2. The van der Waals surface area contributed by atoms with Crippen molar-refractivity contribution >= 4 is 61.2 Å². The van der Waals surface area contributed by atoms with E-state index in [1.54, 1.807) is 30.3 Å². The highest BCUT2D eigenvalue weighted by Gasteiger charge is 2.22. The summed E-state index contributed by atoms with van der Waals surface area (Å²) in [6.45, 7) is 3.62. The molecule has 0 fully saturated rings. The molecule has 0 aromatic heterocycles. The predicted molar refractivity (Wildman–Crippen MR) is 122 cm³/mol. The zero-order valence-electron chi connectivity index (χ0n) is 16.3. The lowest BCUT2D eigenvalue weighted by Gasteiger charge is -2.24. The van der Waals surface area contributed by atoms with Crippen LogP contribution in [0.1, 0.15) is 25.3 Å². The molecule has 1 N–H and O–H groups in total. The van der Waals surface area contributed by atoms with Gasteiger partial charge in [0.05, 0.1) is 37.1 Å². The van der Waals surface area contributed by atoms with Gasteiger partial charge in [0.15, 0.2) is 12.5 Å². The summed E-state index contributed by atoms with van der Waals surface area (Å²) < 4.78 is 16.7. The molecule has 0 saturated heterocycles. The Balaban J connectivity index is 2.05. The maximum Gasteiger partial charge on any atom is 0.345 e. The van der Waals surface area contributed by atoms with Gasteiger partial charge in [-0.15, -0.1) is 0 Å². The van der Waals surface area contributed by atoms with Crippen molar-refractivity contribution in [2.45, 2.75) is 19.7 Å². The average molecular weight is 514 g/mol. The van der Waals surface area contributed by atoms with Gasteiger partial charge in [0.25, 0.3) is 0 Å². The maximum absolute atomic E-state index is 12.4. The topological polar surface area (TPSA) is 65.0 Å². The standard InChI is InChI=1S/C20H21Cl4O5P/c1-20(2,10-25)11-28-30-19(12-3-5-14(22)15(23)7-12)29-18(26)9-27-17-6-4-13(21)8-16(17)24/h3-8,19,25,30H,9-11H2,1-2H3. The van der Waals surface area contributed by atoms with Crippen molar-refractivity contribution < 1.29 is 23.9 Å². The monoisotopic (exact) mass is 512 g/mol. The second-order valence-corrected chi connectivity index (χ2v) is 9.84. The van der Waals surface area contributed by atoms with Crippen LogP contribution in [0.15, 0.2) is 36.4 Å². The van der Waals surface area contributed by atoms with Gasteiger partial charge < -0.3 is 19.1 Å². The number of aliphatic hydroxyl groups excluding tert-OH is 1. The quantitative estimate of drug-likeness (QED) is 0.288. The summed E-state index contributed by atoms with van der Waals surface area (Å²) in [5.41, 5.74) is 0.204. The van der Waals surface area contributed by atoms with Gasteiger partial charge in [0.2, 0.25) is 0 Å². The Morgan fingerprint density at radius 3 is 2.43 bits per heavy atom. The molecular formula is C20H21Cl4O5P. The fourth-order valence-corrected chi connectivity index (χ4v) is 3.98. The molecule has 0 heterocycles. The minimum atomic E-state index is -0.717. The van der Waals surface area contributed by atoms with Crippen molar-refractivity contribution in [1.29, 1.82) is 0 Å². The van der Waals surface area contributed by atoms with Crippen molar-refractivity contribution in [3.05, 3.63) is 62.1 Å². The number of esters is 1. The second-order valence-electron chi connectivity index (χ2n) is 7.14. The molecule has 0 aliphatic rings. The number of carbonyl (C=O) groups is 1. The molecule has 0 aliphatic heterocycles. The second kappa shape index (κ2) is 11.7. The van der Waals surface area contributed by atoms with E-state index in [4.69, 9.17) is 60.4 Å². The number of aliphatic hydroxyl groups is 1. The molecule has 164 valence electrons. The molecule has 10 heteroatoms. The predicted octanol–water partition coefficient (Wildman–Crippen LogP) is 6.55. The van der Waals surface area contributed by atoms with Gasteiger partial charge in [-0.3, -0.25) is 0 Å². The van der Waals surface area contributed by atoms with Crippen LogP contribution in [0.2, 0.25) is 20.1 Å². The molecule has 2 aromatic rings. The number of halogens is 4. The molecule has 0 bridgehead atoms. The zero-order valence-corrected chi connectivity index (χ0v) is 20.3. The molecule has 2 atom stereocenters.